The fourth-order valence-electron chi connectivity index (χ4n) is 1.49. The number of rotatable bonds is 5. The minimum Gasteiger partial charge on any atom is -0.343 e. The average Bonchev–Trinajstić information content (AvgIpc) is 2.47. The van der Waals surface area contributed by atoms with Crippen LogP contribution in [0.15, 0.2) is 0 Å². The van der Waals surface area contributed by atoms with E-state index in [1.165, 1.54) is 7.05 Å². The molecule has 0 aromatic heterocycles. The zero-order valence-corrected chi connectivity index (χ0v) is 9.58. The highest BCUT2D eigenvalue weighted by Gasteiger charge is 2.36. The van der Waals surface area contributed by atoms with Gasteiger partial charge in [-0.15, -0.1) is 0 Å². The van der Waals surface area contributed by atoms with E-state index >= 15 is 0 Å². The van der Waals surface area contributed by atoms with E-state index in [0.29, 0.717) is 0 Å². The molecule has 6 nitrogen and oxygen atoms in total. The number of likely N-dealkylation sites (N-methyl/N-ethyl adjacent to an activating group) is 1. The maximum atomic E-state index is 11.5. The van der Waals surface area contributed by atoms with E-state index in [9.17, 15) is 14.4 Å². The minimum absolute atomic E-state index is 0.0643. The molecule has 0 aliphatic carbocycles. The third-order valence-electron chi connectivity index (χ3n) is 2.43. The van der Waals surface area contributed by atoms with Crippen LogP contribution in [0.5, 0.6) is 0 Å². The van der Waals surface area contributed by atoms with E-state index in [1.54, 1.807) is 0 Å². The topological polar surface area (TPSA) is 78.5 Å². The molecular formula is C10H17N3O3. The van der Waals surface area contributed by atoms with E-state index in [0.717, 1.165) is 17.9 Å². The van der Waals surface area contributed by atoms with Gasteiger partial charge in [0, 0.05) is 7.05 Å². The Morgan fingerprint density at radius 1 is 1.50 bits per heavy atom. The SMILES string of the molecule is CCCNCC(=O)NC1CC(=O)N(C)C1=O. The predicted octanol–water partition coefficient (Wildman–Crippen LogP) is -1.14. The van der Waals surface area contributed by atoms with E-state index in [2.05, 4.69) is 10.6 Å². The van der Waals surface area contributed by atoms with Crippen molar-refractivity contribution < 1.29 is 14.4 Å². The van der Waals surface area contributed by atoms with Gasteiger partial charge in [0.25, 0.3) is 5.91 Å². The summed E-state index contributed by atoms with van der Waals surface area (Å²) in [5.74, 6) is -0.847. The molecule has 0 aromatic rings. The molecule has 1 atom stereocenters. The average molecular weight is 227 g/mol. The first kappa shape index (κ1) is 12.6. The quantitative estimate of drug-likeness (QED) is 0.459. The molecule has 3 amide bonds. The summed E-state index contributed by atoms with van der Waals surface area (Å²) >= 11 is 0. The number of carbonyl (C=O) groups is 3. The molecule has 2 N–H and O–H groups in total. The van der Waals surface area contributed by atoms with Crippen molar-refractivity contribution in [1.29, 1.82) is 0 Å². The van der Waals surface area contributed by atoms with Crippen molar-refractivity contribution in [3.05, 3.63) is 0 Å². The predicted molar refractivity (Wildman–Crippen MR) is 57.5 cm³/mol. The molecule has 0 saturated carbocycles. The molecule has 0 bridgehead atoms. The van der Waals surface area contributed by atoms with Crippen LogP contribution in [0.1, 0.15) is 19.8 Å². The lowest BCUT2D eigenvalue weighted by molar-refractivity contribution is -0.138. The molecule has 0 aromatic carbocycles. The summed E-state index contributed by atoms with van der Waals surface area (Å²) in [6.07, 6.45) is 1.01. The van der Waals surface area contributed by atoms with Crippen molar-refractivity contribution in [2.24, 2.45) is 0 Å². The highest BCUT2D eigenvalue weighted by molar-refractivity contribution is 6.06. The van der Waals surface area contributed by atoms with Gasteiger partial charge in [-0.05, 0) is 13.0 Å². The van der Waals surface area contributed by atoms with Gasteiger partial charge in [-0.25, -0.2) is 0 Å². The normalized spacial score (nSPS) is 20.4. The van der Waals surface area contributed by atoms with Gasteiger partial charge < -0.3 is 10.6 Å². The standard InChI is InChI=1S/C10H17N3O3/c1-3-4-11-6-8(14)12-7-5-9(15)13(2)10(7)16/h7,11H,3-6H2,1-2H3,(H,12,14). The van der Waals surface area contributed by atoms with E-state index in [1.807, 2.05) is 6.92 Å². The molecule has 1 aliphatic heterocycles. The highest BCUT2D eigenvalue weighted by atomic mass is 16.2. The van der Waals surface area contributed by atoms with Crippen LogP contribution in [0.3, 0.4) is 0 Å². The number of nitrogens with zero attached hydrogens (tertiary/aromatic N) is 1. The number of imide groups is 1. The molecule has 1 heterocycles. The first-order valence-electron chi connectivity index (χ1n) is 5.36. The molecule has 90 valence electrons. The Hall–Kier alpha value is -1.43. The van der Waals surface area contributed by atoms with Gasteiger partial charge in [-0.3, -0.25) is 19.3 Å². The Labute approximate surface area is 94.4 Å². The number of nitrogens with one attached hydrogen (secondary N) is 2. The molecule has 1 saturated heterocycles. The maximum Gasteiger partial charge on any atom is 0.252 e. The minimum atomic E-state index is -0.687. The maximum absolute atomic E-state index is 11.5. The molecule has 1 unspecified atom stereocenters. The van der Waals surface area contributed by atoms with E-state index in [4.69, 9.17) is 0 Å². The number of likely N-dealkylation sites (tertiary alicyclic amines) is 1. The Morgan fingerprint density at radius 3 is 2.69 bits per heavy atom. The lowest BCUT2D eigenvalue weighted by atomic mass is 10.2. The Morgan fingerprint density at radius 2 is 2.19 bits per heavy atom. The summed E-state index contributed by atoms with van der Waals surface area (Å²) in [6, 6.07) is -0.687. The van der Waals surface area contributed by atoms with Crippen molar-refractivity contribution in [2.75, 3.05) is 20.1 Å². The first-order valence-corrected chi connectivity index (χ1v) is 5.36. The largest absolute Gasteiger partial charge is 0.343 e. The third-order valence-corrected chi connectivity index (χ3v) is 2.43. The molecule has 0 radical (unpaired) electrons. The fourth-order valence-corrected chi connectivity index (χ4v) is 1.49. The number of amides is 3. The molecule has 1 fully saturated rings. The fraction of sp³-hybridized carbons (Fsp3) is 0.700. The summed E-state index contributed by atoms with van der Waals surface area (Å²) in [5, 5.41) is 5.46. The van der Waals surface area contributed by atoms with Crippen LogP contribution in [0.25, 0.3) is 0 Å². The van der Waals surface area contributed by atoms with Gasteiger partial charge in [0.15, 0.2) is 0 Å². The zero-order chi connectivity index (χ0) is 12.1. The van der Waals surface area contributed by atoms with Gasteiger partial charge in [-0.1, -0.05) is 6.92 Å². The summed E-state index contributed by atoms with van der Waals surface area (Å²) in [6.45, 7) is 2.93. The van der Waals surface area contributed by atoms with Crippen molar-refractivity contribution in [3.63, 3.8) is 0 Å². The van der Waals surface area contributed by atoms with Crippen molar-refractivity contribution in [1.82, 2.24) is 15.5 Å². The van der Waals surface area contributed by atoms with Crippen molar-refractivity contribution in [3.8, 4) is 0 Å². The lowest BCUT2D eigenvalue weighted by Gasteiger charge is -2.11. The summed E-state index contributed by atoms with van der Waals surface area (Å²) in [4.78, 5) is 35.0. The van der Waals surface area contributed by atoms with Crippen LogP contribution >= 0.6 is 0 Å². The Balaban J connectivity index is 2.35. The van der Waals surface area contributed by atoms with Crippen LogP contribution < -0.4 is 10.6 Å². The van der Waals surface area contributed by atoms with E-state index < -0.39 is 6.04 Å². The van der Waals surface area contributed by atoms with Crippen LogP contribution in [-0.2, 0) is 14.4 Å². The van der Waals surface area contributed by atoms with Gasteiger partial charge >= 0.3 is 0 Å². The number of carbonyl (C=O) groups excluding carboxylic acids is 3. The van der Waals surface area contributed by atoms with Crippen molar-refractivity contribution >= 4 is 17.7 Å². The smallest absolute Gasteiger partial charge is 0.252 e. The Bertz CT molecular complexity index is 304. The molecule has 6 heteroatoms. The molecule has 16 heavy (non-hydrogen) atoms. The second-order valence-electron chi connectivity index (χ2n) is 3.79. The molecular weight excluding hydrogens is 210 g/mol. The lowest BCUT2D eigenvalue weighted by Crippen LogP contribution is -2.44. The summed E-state index contributed by atoms with van der Waals surface area (Å²) in [5.41, 5.74) is 0. The third kappa shape index (κ3) is 3.03. The molecule has 0 spiro atoms. The highest BCUT2D eigenvalue weighted by Crippen LogP contribution is 2.09. The summed E-state index contributed by atoms with van der Waals surface area (Å²) < 4.78 is 0. The summed E-state index contributed by atoms with van der Waals surface area (Å²) in [7, 11) is 1.42. The van der Waals surface area contributed by atoms with Gasteiger partial charge in [0.2, 0.25) is 11.8 Å². The molecule has 1 aliphatic rings. The van der Waals surface area contributed by atoms with Gasteiger partial charge in [0.1, 0.15) is 6.04 Å². The number of hydrogen-bond acceptors (Lipinski definition) is 4. The van der Waals surface area contributed by atoms with Crippen LogP contribution in [-0.4, -0.2) is 48.8 Å². The second-order valence-corrected chi connectivity index (χ2v) is 3.79. The molecule has 1 rings (SSSR count). The Kier molecular flexibility index (Phi) is 4.42. The second kappa shape index (κ2) is 5.60. The van der Waals surface area contributed by atoms with Crippen LogP contribution in [0, 0.1) is 0 Å². The first-order chi connectivity index (χ1) is 7.56. The van der Waals surface area contributed by atoms with Gasteiger partial charge in [0.05, 0.1) is 13.0 Å². The van der Waals surface area contributed by atoms with Gasteiger partial charge in [-0.2, -0.15) is 0 Å². The van der Waals surface area contributed by atoms with Crippen LogP contribution in [0.4, 0.5) is 0 Å². The van der Waals surface area contributed by atoms with E-state index in [-0.39, 0.29) is 30.7 Å². The van der Waals surface area contributed by atoms with Crippen molar-refractivity contribution in [2.45, 2.75) is 25.8 Å². The van der Waals surface area contributed by atoms with Crippen LogP contribution in [0.2, 0.25) is 0 Å². The zero-order valence-electron chi connectivity index (χ0n) is 9.58. The monoisotopic (exact) mass is 227 g/mol. The number of hydrogen-bond donors (Lipinski definition) is 2.